The zero-order chi connectivity index (χ0) is 15.9. The van der Waals surface area contributed by atoms with E-state index < -0.39 is 23.4 Å². The molecule has 2 aliphatic rings. The van der Waals surface area contributed by atoms with Crippen LogP contribution in [0.25, 0.3) is 0 Å². The minimum Gasteiger partial charge on any atom is -0.469 e. The van der Waals surface area contributed by atoms with Gasteiger partial charge < -0.3 is 9.47 Å². The van der Waals surface area contributed by atoms with E-state index in [9.17, 15) is 9.59 Å². The molecule has 1 aromatic rings. The van der Waals surface area contributed by atoms with Gasteiger partial charge in [-0.2, -0.15) is 0 Å². The molecule has 116 valence electrons. The Balaban J connectivity index is 2.05. The SMILES string of the molecule is COC(=O)[C@H]1[C@H](C)[C@@H]2CC(c3ccccc3)=N[C@@]21C(=O)OC. The van der Waals surface area contributed by atoms with Gasteiger partial charge in [0.1, 0.15) is 0 Å². The lowest BCUT2D eigenvalue weighted by atomic mass is 9.52. The maximum atomic E-state index is 12.4. The highest BCUT2D eigenvalue weighted by molar-refractivity contribution is 6.07. The minimum atomic E-state index is -1.12. The number of aliphatic imine (C=N–C) groups is 1. The van der Waals surface area contributed by atoms with E-state index >= 15 is 0 Å². The number of hydrogen-bond donors (Lipinski definition) is 0. The first-order chi connectivity index (χ1) is 10.6. The van der Waals surface area contributed by atoms with Crippen molar-refractivity contribution in [1.82, 2.24) is 0 Å². The lowest BCUT2D eigenvalue weighted by Crippen LogP contribution is -2.66. The molecule has 1 fully saturated rings. The average molecular weight is 301 g/mol. The average Bonchev–Trinajstić information content (AvgIpc) is 2.90. The number of benzene rings is 1. The summed E-state index contributed by atoms with van der Waals surface area (Å²) in [4.78, 5) is 29.2. The second-order valence-corrected chi connectivity index (χ2v) is 5.91. The van der Waals surface area contributed by atoms with Crippen LogP contribution >= 0.6 is 0 Å². The number of carbonyl (C=O) groups is 2. The van der Waals surface area contributed by atoms with Gasteiger partial charge in [-0.3, -0.25) is 9.79 Å². The Morgan fingerprint density at radius 1 is 1.18 bits per heavy atom. The summed E-state index contributed by atoms with van der Waals surface area (Å²) in [6, 6.07) is 9.73. The molecule has 0 unspecified atom stereocenters. The molecule has 1 aliphatic heterocycles. The van der Waals surface area contributed by atoms with Crippen molar-refractivity contribution in [3.05, 3.63) is 35.9 Å². The van der Waals surface area contributed by atoms with Crippen LogP contribution < -0.4 is 0 Å². The van der Waals surface area contributed by atoms with Crippen LogP contribution in [0.2, 0.25) is 0 Å². The van der Waals surface area contributed by atoms with Crippen LogP contribution in [-0.4, -0.2) is 37.4 Å². The quantitative estimate of drug-likeness (QED) is 0.799. The lowest BCUT2D eigenvalue weighted by molar-refractivity contribution is -0.179. The van der Waals surface area contributed by atoms with E-state index in [2.05, 4.69) is 4.99 Å². The maximum absolute atomic E-state index is 12.4. The van der Waals surface area contributed by atoms with E-state index in [1.54, 1.807) is 0 Å². The third-order valence-corrected chi connectivity index (χ3v) is 5.01. The maximum Gasteiger partial charge on any atom is 0.334 e. The van der Waals surface area contributed by atoms with Crippen LogP contribution in [0.5, 0.6) is 0 Å². The molecular weight excluding hydrogens is 282 g/mol. The molecule has 1 aromatic carbocycles. The zero-order valence-electron chi connectivity index (χ0n) is 12.9. The monoisotopic (exact) mass is 301 g/mol. The summed E-state index contributed by atoms with van der Waals surface area (Å²) < 4.78 is 9.84. The summed E-state index contributed by atoms with van der Waals surface area (Å²) >= 11 is 0. The van der Waals surface area contributed by atoms with E-state index in [0.717, 1.165) is 11.3 Å². The molecule has 0 aromatic heterocycles. The number of hydrogen-bond acceptors (Lipinski definition) is 5. The Kier molecular flexibility index (Phi) is 3.51. The van der Waals surface area contributed by atoms with Crippen molar-refractivity contribution in [2.45, 2.75) is 18.9 Å². The van der Waals surface area contributed by atoms with Gasteiger partial charge in [-0.1, -0.05) is 37.3 Å². The van der Waals surface area contributed by atoms with Crippen LogP contribution in [0.15, 0.2) is 35.3 Å². The smallest absolute Gasteiger partial charge is 0.334 e. The first-order valence-electron chi connectivity index (χ1n) is 7.36. The largest absolute Gasteiger partial charge is 0.469 e. The summed E-state index contributed by atoms with van der Waals surface area (Å²) in [6.45, 7) is 1.97. The Morgan fingerprint density at radius 3 is 2.45 bits per heavy atom. The zero-order valence-corrected chi connectivity index (χ0v) is 12.9. The van der Waals surface area contributed by atoms with Crippen molar-refractivity contribution >= 4 is 17.7 Å². The fraction of sp³-hybridized carbons (Fsp3) is 0.471. The number of nitrogens with zero attached hydrogens (tertiary/aromatic N) is 1. The van der Waals surface area contributed by atoms with Crippen molar-refractivity contribution in [3.63, 3.8) is 0 Å². The van der Waals surface area contributed by atoms with Gasteiger partial charge in [-0.05, 0) is 17.9 Å². The predicted octanol–water partition coefficient (Wildman–Crippen LogP) is 1.85. The van der Waals surface area contributed by atoms with Crippen molar-refractivity contribution < 1.29 is 19.1 Å². The number of methoxy groups -OCH3 is 2. The van der Waals surface area contributed by atoms with E-state index in [1.165, 1.54) is 14.2 Å². The fourth-order valence-corrected chi connectivity index (χ4v) is 3.94. The second kappa shape index (κ2) is 5.23. The van der Waals surface area contributed by atoms with Gasteiger partial charge in [0, 0.05) is 11.6 Å². The molecule has 22 heavy (non-hydrogen) atoms. The molecule has 5 heteroatoms. The molecule has 0 saturated heterocycles. The van der Waals surface area contributed by atoms with Crippen LogP contribution in [0.4, 0.5) is 0 Å². The number of carbonyl (C=O) groups excluding carboxylic acids is 2. The van der Waals surface area contributed by atoms with Crippen LogP contribution in [0, 0.1) is 17.8 Å². The minimum absolute atomic E-state index is 0.0146. The van der Waals surface area contributed by atoms with Gasteiger partial charge in [0.15, 0.2) is 5.54 Å². The van der Waals surface area contributed by atoms with Gasteiger partial charge in [0.25, 0.3) is 0 Å². The molecular formula is C17H19NO4. The molecule has 0 amide bonds. The predicted molar refractivity (Wildman–Crippen MR) is 80.5 cm³/mol. The first kappa shape index (κ1) is 14.8. The topological polar surface area (TPSA) is 65.0 Å². The Hall–Kier alpha value is -2.17. The van der Waals surface area contributed by atoms with Crippen LogP contribution in [-0.2, 0) is 19.1 Å². The van der Waals surface area contributed by atoms with Crippen molar-refractivity contribution in [2.75, 3.05) is 14.2 Å². The normalized spacial score (nSPS) is 32.5. The fourth-order valence-electron chi connectivity index (χ4n) is 3.94. The summed E-state index contributed by atoms with van der Waals surface area (Å²) in [5, 5.41) is 0. The molecule has 4 atom stereocenters. The Morgan fingerprint density at radius 2 is 1.86 bits per heavy atom. The van der Waals surface area contributed by atoms with Crippen molar-refractivity contribution in [2.24, 2.45) is 22.7 Å². The van der Waals surface area contributed by atoms with Crippen molar-refractivity contribution in [3.8, 4) is 0 Å². The molecule has 0 spiro atoms. The molecule has 1 aliphatic carbocycles. The van der Waals surface area contributed by atoms with E-state index in [1.807, 2.05) is 37.3 Å². The summed E-state index contributed by atoms with van der Waals surface area (Å²) in [6.07, 6.45) is 0.674. The number of esters is 2. The summed E-state index contributed by atoms with van der Waals surface area (Å²) in [7, 11) is 2.67. The van der Waals surface area contributed by atoms with Gasteiger partial charge in [0.2, 0.25) is 0 Å². The standard InChI is InChI=1S/C17H19NO4/c1-10-12-9-13(11-7-5-4-6-8-11)18-17(12,16(20)22-3)14(10)15(19)21-2/h4-8,10,12,14H,9H2,1-3H3/t10-,12+,14-,17+/m1/s1. The highest BCUT2D eigenvalue weighted by atomic mass is 16.5. The number of fused-ring (bicyclic) bond motifs is 1. The van der Waals surface area contributed by atoms with E-state index in [-0.39, 0.29) is 11.8 Å². The summed E-state index contributed by atoms with van der Waals surface area (Å²) in [5.74, 6) is -1.39. The highest BCUT2D eigenvalue weighted by Gasteiger charge is 2.71. The third-order valence-electron chi connectivity index (χ3n) is 5.01. The second-order valence-electron chi connectivity index (χ2n) is 5.91. The molecule has 0 bridgehead atoms. The highest BCUT2D eigenvalue weighted by Crippen LogP contribution is 2.58. The molecule has 1 heterocycles. The van der Waals surface area contributed by atoms with Crippen LogP contribution in [0.1, 0.15) is 18.9 Å². The third kappa shape index (κ3) is 1.81. The lowest BCUT2D eigenvalue weighted by Gasteiger charge is -2.51. The Labute approximate surface area is 129 Å². The Bertz CT molecular complexity index is 639. The van der Waals surface area contributed by atoms with Gasteiger partial charge >= 0.3 is 11.9 Å². The van der Waals surface area contributed by atoms with Crippen LogP contribution in [0.3, 0.4) is 0 Å². The molecule has 5 nitrogen and oxygen atoms in total. The van der Waals surface area contributed by atoms with Gasteiger partial charge in [0.05, 0.1) is 20.1 Å². The number of rotatable bonds is 3. The summed E-state index contributed by atoms with van der Waals surface area (Å²) in [5.41, 5.74) is 0.720. The first-order valence-corrected chi connectivity index (χ1v) is 7.36. The number of ether oxygens (including phenoxy) is 2. The molecule has 3 rings (SSSR count). The van der Waals surface area contributed by atoms with Gasteiger partial charge in [-0.15, -0.1) is 0 Å². The van der Waals surface area contributed by atoms with Gasteiger partial charge in [-0.25, -0.2) is 4.79 Å². The molecule has 1 saturated carbocycles. The van der Waals surface area contributed by atoms with Crippen molar-refractivity contribution in [1.29, 1.82) is 0 Å². The van der Waals surface area contributed by atoms with E-state index in [0.29, 0.717) is 6.42 Å². The molecule has 0 N–H and O–H groups in total. The van der Waals surface area contributed by atoms with E-state index in [4.69, 9.17) is 9.47 Å². The molecule has 0 radical (unpaired) electrons.